The van der Waals surface area contributed by atoms with E-state index in [-0.39, 0.29) is 31.2 Å². The van der Waals surface area contributed by atoms with Gasteiger partial charge in [0.1, 0.15) is 11.6 Å². The number of amides is 2. The molecule has 2 aromatic rings. The van der Waals surface area contributed by atoms with Gasteiger partial charge < -0.3 is 19.9 Å². The van der Waals surface area contributed by atoms with Crippen LogP contribution in [-0.4, -0.2) is 30.2 Å². The van der Waals surface area contributed by atoms with Gasteiger partial charge in [-0.05, 0) is 24.3 Å². The van der Waals surface area contributed by atoms with Crippen molar-refractivity contribution in [2.75, 3.05) is 6.54 Å². The Hall–Kier alpha value is -3.16. The number of oxime groups is 1. The molecule has 0 saturated heterocycles. The van der Waals surface area contributed by atoms with Gasteiger partial charge in [-0.25, -0.2) is 4.39 Å². The fourth-order valence-corrected chi connectivity index (χ4v) is 2.30. The lowest BCUT2D eigenvalue weighted by atomic mass is 10.0. The van der Waals surface area contributed by atoms with Crippen molar-refractivity contribution in [2.45, 2.75) is 19.1 Å². The normalized spacial score (nSPS) is 16.0. The molecule has 25 heavy (non-hydrogen) atoms. The maximum atomic E-state index is 13.2. The first kappa shape index (κ1) is 16.7. The molecular formula is C17H16FN3O4. The minimum atomic E-state index is -0.837. The molecule has 0 unspecified atom stereocenters. The van der Waals surface area contributed by atoms with Gasteiger partial charge >= 0.3 is 0 Å². The highest BCUT2D eigenvalue weighted by atomic mass is 19.1. The van der Waals surface area contributed by atoms with E-state index in [9.17, 15) is 14.0 Å². The van der Waals surface area contributed by atoms with Crippen LogP contribution in [0.2, 0.25) is 0 Å². The van der Waals surface area contributed by atoms with E-state index < -0.39 is 12.0 Å². The number of nitrogens with one attached hydrogen (secondary N) is 2. The van der Waals surface area contributed by atoms with Gasteiger partial charge in [0, 0.05) is 12.0 Å². The van der Waals surface area contributed by atoms with Gasteiger partial charge in [-0.1, -0.05) is 17.3 Å². The van der Waals surface area contributed by atoms with Crippen LogP contribution in [0.15, 0.2) is 52.2 Å². The largest absolute Gasteiger partial charge is 0.467 e. The molecule has 1 atom stereocenters. The van der Waals surface area contributed by atoms with Crippen LogP contribution in [0.5, 0.6) is 0 Å². The van der Waals surface area contributed by atoms with Gasteiger partial charge in [0.15, 0.2) is 0 Å². The lowest BCUT2D eigenvalue weighted by molar-refractivity contribution is -0.133. The summed E-state index contributed by atoms with van der Waals surface area (Å²) in [5.41, 5.74) is 1.05. The van der Waals surface area contributed by atoms with Crippen molar-refractivity contribution in [2.24, 2.45) is 5.16 Å². The summed E-state index contributed by atoms with van der Waals surface area (Å²) >= 11 is 0. The molecule has 8 heteroatoms. The van der Waals surface area contributed by atoms with E-state index in [2.05, 4.69) is 15.8 Å². The molecule has 0 fully saturated rings. The van der Waals surface area contributed by atoms with E-state index in [4.69, 9.17) is 9.25 Å². The summed E-state index contributed by atoms with van der Waals surface area (Å²) in [7, 11) is 0. The zero-order valence-corrected chi connectivity index (χ0v) is 13.2. The molecule has 2 amide bonds. The number of halogens is 1. The summed E-state index contributed by atoms with van der Waals surface area (Å²) in [6.45, 7) is 0.0587. The molecular weight excluding hydrogens is 329 g/mol. The van der Waals surface area contributed by atoms with E-state index >= 15 is 0 Å². The molecule has 1 aromatic heterocycles. The van der Waals surface area contributed by atoms with E-state index in [0.717, 1.165) is 0 Å². The third kappa shape index (κ3) is 4.43. The van der Waals surface area contributed by atoms with Crippen LogP contribution in [0.3, 0.4) is 0 Å². The highest BCUT2D eigenvalue weighted by molar-refractivity contribution is 6.04. The first-order chi connectivity index (χ1) is 12.1. The number of furan rings is 1. The maximum Gasteiger partial charge on any atom is 0.264 e. The monoisotopic (exact) mass is 345 g/mol. The van der Waals surface area contributed by atoms with Gasteiger partial charge in [0.05, 0.1) is 25.1 Å². The molecule has 3 rings (SSSR count). The van der Waals surface area contributed by atoms with Crippen molar-refractivity contribution in [3.05, 3.63) is 59.8 Å². The van der Waals surface area contributed by atoms with Gasteiger partial charge in [-0.3, -0.25) is 9.59 Å². The van der Waals surface area contributed by atoms with Crippen molar-refractivity contribution >= 4 is 17.5 Å². The van der Waals surface area contributed by atoms with Gasteiger partial charge in [-0.2, -0.15) is 0 Å². The summed E-state index contributed by atoms with van der Waals surface area (Å²) < 4.78 is 18.3. The number of rotatable bonds is 6. The quantitative estimate of drug-likeness (QED) is 0.826. The highest BCUT2D eigenvalue weighted by Gasteiger charge is 2.29. The fraction of sp³-hybridized carbons (Fsp3) is 0.235. The molecule has 0 aliphatic carbocycles. The second-order valence-corrected chi connectivity index (χ2v) is 5.42. The molecule has 0 saturated carbocycles. The van der Waals surface area contributed by atoms with Crippen LogP contribution in [-0.2, 0) is 21.0 Å². The number of benzene rings is 1. The zero-order chi connectivity index (χ0) is 17.6. The molecule has 0 radical (unpaired) electrons. The molecule has 7 nitrogen and oxygen atoms in total. The van der Waals surface area contributed by atoms with E-state index in [0.29, 0.717) is 17.0 Å². The number of carbonyl (C=O) groups excluding carboxylic acids is 2. The first-order valence-electron chi connectivity index (χ1n) is 7.67. The predicted molar refractivity (Wildman–Crippen MR) is 86.0 cm³/mol. The Balaban J connectivity index is 1.43. The van der Waals surface area contributed by atoms with Crippen molar-refractivity contribution in [3.8, 4) is 0 Å². The summed E-state index contributed by atoms with van der Waals surface area (Å²) in [5.74, 6) is -0.578. The minimum Gasteiger partial charge on any atom is -0.467 e. The summed E-state index contributed by atoms with van der Waals surface area (Å²) in [6.07, 6.45) is 0.886. The van der Waals surface area contributed by atoms with Crippen LogP contribution < -0.4 is 10.6 Å². The van der Waals surface area contributed by atoms with Crippen molar-refractivity contribution < 1.29 is 23.2 Å². The van der Waals surface area contributed by atoms with Crippen LogP contribution in [0.25, 0.3) is 0 Å². The predicted octanol–water partition coefficient (Wildman–Crippen LogP) is 1.34. The van der Waals surface area contributed by atoms with Gasteiger partial charge in [0.25, 0.3) is 5.91 Å². The van der Waals surface area contributed by atoms with Crippen molar-refractivity contribution in [3.63, 3.8) is 0 Å². The topological polar surface area (TPSA) is 92.9 Å². The SMILES string of the molecule is O=C(CNC(=O)[C@H]1CC(c2cccc(F)c2)=NO1)NCc1ccco1. The lowest BCUT2D eigenvalue weighted by Crippen LogP contribution is -2.41. The Morgan fingerprint density at radius 2 is 2.12 bits per heavy atom. The smallest absolute Gasteiger partial charge is 0.264 e. The van der Waals surface area contributed by atoms with Crippen LogP contribution in [0.1, 0.15) is 17.7 Å². The van der Waals surface area contributed by atoms with Gasteiger partial charge in [0.2, 0.25) is 12.0 Å². The molecule has 0 bridgehead atoms. The summed E-state index contributed by atoms with van der Waals surface area (Å²) in [6, 6.07) is 9.35. The molecule has 1 aliphatic heterocycles. The fourth-order valence-electron chi connectivity index (χ4n) is 2.30. The molecule has 1 aromatic carbocycles. The Labute approximate surface area is 142 Å². The van der Waals surface area contributed by atoms with E-state index in [1.807, 2.05) is 0 Å². The molecule has 1 aliphatic rings. The Bertz CT molecular complexity index is 789. The minimum absolute atomic E-state index is 0.186. The average molecular weight is 345 g/mol. The van der Waals surface area contributed by atoms with Crippen molar-refractivity contribution in [1.29, 1.82) is 0 Å². The van der Waals surface area contributed by atoms with Crippen LogP contribution in [0.4, 0.5) is 4.39 Å². The van der Waals surface area contributed by atoms with E-state index in [1.54, 1.807) is 24.3 Å². The van der Waals surface area contributed by atoms with Crippen LogP contribution >= 0.6 is 0 Å². The molecule has 130 valence electrons. The summed E-state index contributed by atoms with van der Waals surface area (Å²) in [4.78, 5) is 28.8. The van der Waals surface area contributed by atoms with Gasteiger partial charge in [-0.15, -0.1) is 0 Å². The molecule has 2 heterocycles. The Kier molecular flexibility index (Phi) is 5.08. The third-order valence-electron chi connectivity index (χ3n) is 3.58. The first-order valence-corrected chi connectivity index (χ1v) is 7.67. The highest BCUT2D eigenvalue weighted by Crippen LogP contribution is 2.17. The second-order valence-electron chi connectivity index (χ2n) is 5.42. The maximum absolute atomic E-state index is 13.2. The average Bonchev–Trinajstić information content (AvgIpc) is 3.29. The zero-order valence-electron chi connectivity index (χ0n) is 13.2. The number of hydrogen-bond donors (Lipinski definition) is 2. The number of carbonyl (C=O) groups is 2. The Morgan fingerprint density at radius 3 is 2.88 bits per heavy atom. The molecule has 0 spiro atoms. The number of nitrogens with zero attached hydrogens (tertiary/aromatic N) is 1. The lowest BCUT2D eigenvalue weighted by Gasteiger charge is -2.09. The summed E-state index contributed by atoms with van der Waals surface area (Å²) in [5, 5.41) is 8.92. The Morgan fingerprint density at radius 1 is 1.24 bits per heavy atom. The standard InChI is InChI=1S/C17H16FN3O4/c18-12-4-1-3-11(7-12)14-8-15(25-21-14)17(23)20-10-16(22)19-9-13-5-2-6-24-13/h1-7,15H,8-10H2,(H,19,22)(H,20,23)/t15-/m1/s1. The number of hydrogen-bond acceptors (Lipinski definition) is 5. The molecule has 2 N–H and O–H groups in total. The van der Waals surface area contributed by atoms with Crippen molar-refractivity contribution in [1.82, 2.24) is 10.6 Å². The second kappa shape index (κ2) is 7.61. The van der Waals surface area contributed by atoms with E-state index in [1.165, 1.54) is 18.4 Å². The van der Waals surface area contributed by atoms with Crippen LogP contribution in [0, 0.1) is 5.82 Å². The third-order valence-corrected chi connectivity index (χ3v) is 3.58.